The summed E-state index contributed by atoms with van der Waals surface area (Å²) < 4.78 is 0. The van der Waals surface area contributed by atoms with Crippen LogP contribution in [0.5, 0.6) is 0 Å². The summed E-state index contributed by atoms with van der Waals surface area (Å²) in [5.74, 6) is 0. The maximum absolute atomic E-state index is 2.36. The summed E-state index contributed by atoms with van der Waals surface area (Å²) in [5, 5.41) is 7.64. The van der Waals surface area contributed by atoms with E-state index in [4.69, 9.17) is 0 Å². The molecule has 1 nitrogen and oxygen atoms in total. The molecule has 0 heterocycles. The van der Waals surface area contributed by atoms with Gasteiger partial charge in [0.25, 0.3) is 0 Å². The van der Waals surface area contributed by atoms with Crippen LogP contribution in [0.4, 0.5) is 17.1 Å². The van der Waals surface area contributed by atoms with E-state index in [0.29, 0.717) is 0 Å². The minimum Gasteiger partial charge on any atom is -0.310 e. The van der Waals surface area contributed by atoms with Gasteiger partial charge in [0.1, 0.15) is 0 Å². The molecule has 0 atom stereocenters. The van der Waals surface area contributed by atoms with E-state index >= 15 is 0 Å². The van der Waals surface area contributed by atoms with E-state index in [1.54, 1.807) is 0 Å². The van der Waals surface area contributed by atoms with Crippen LogP contribution in [0.15, 0.2) is 194 Å². The van der Waals surface area contributed by atoms with E-state index in [2.05, 4.69) is 206 Å². The highest BCUT2D eigenvalue weighted by atomic mass is 15.1. The molecule has 0 aliphatic rings. The highest BCUT2D eigenvalue weighted by Crippen LogP contribution is 2.42. The van der Waals surface area contributed by atoms with Crippen LogP contribution >= 0.6 is 0 Å². The fraction of sp³-hybridized carbons (Fsp3) is 0.0204. The maximum atomic E-state index is 2.36. The van der Waals surface area contributed by atoms with Crippen molar-refractivity contribution in [1.29, 1.82) is 0 Å². The smallest absolute Gasteiger partial charge is 0.0468 e. The van der Waals surface area contributed by atoms with Gasteiger partial charge in [-0.3, -0.25) is 0 Å². The Balaban J connectivity index is 1.15. The number of rotatable bonds is 6. The molecule has 0 radical (unpaired) electrons. The summed E-state index contributed by atoms with van der Waals surface area (Å²) >= 11 is 0. The molecule has 0 amide bonds. The lowest BCUT2D eigenvalue weighted by Crippen LogP contribution is -2.09. The zero-order valence-electron chi connectivity index (χ0n) is 27.9. The summed E-state index contributed by atoms with van der Waals surface area (Å²) in [7, 11) is 0. The highest BCUT2D eigenvalue weighted by molar-refractivity contribution is 6.15. The number of nitrogens with zero attached hydrogens (tertiary/aromatic N) is 1. The molecule has 0 spiro atoms. The number of anilines is 3. The monoisotopic (exact) mass is 637 g/mol. The van der Waals surface area contributed by atoms with E-state index in [1.807, 2.05) is 0 Å². The van der Waals surface area contributed by atoms with Gasteiger partial charge in [-0.1, -0.05) is 152 Å². The standard InChI is InChI=1S/C49H35N/c1-34-45-16-8-10-18-47(45)49(48-19-11-9-17-46(34)48)41-21-20-40-33-44(31-26-39(40)32-41)50(42-27-22-37(23-28-42)35-12-4-2-5-13-35)43-29-24-38(25-30-43)36-14-6-3-7-15-36/h2-33H,1H3. The van der Waals surface area contributed by atoms with E-state index < -0.39 is 0 Å². The van der Waals surface area contributed by atoms with Gasteiger partial charge in [-0.05, 0) is 121 Å². The largest absolute Gasteiger partial charge is 0.310 e. The molecule has 50 heavy (non-hydrogen) atoms. The van der Waals surface area contributed by atoms with Gasteiger partial charge in [0.05, 0.1) is 0 Å². The normalized spacial score (nSPS) is 11.3. The van der Waals surface area contributed by atoms with Gasteiger partial charge >= 0.3 is 0 Å². The third-order valence-electron chi connectivity index (χ3n) is 10.0. The minimum atomic E-state index is 1.12. The predicted octanol–water partition coefficient (Wildman–Crippen LogP) is 13.9. The highest BCUT2D eigenvalue weighted by Gasteiger charge is 2.16. The van der Waals surface area contributed by atoms with Gasteiger partial charge in [-0.2, -0.15) is 0 Å². The fourth-order valence-corrected chi connectivity index (χ4v) is 7.50. The fourth-order valence-electron chi connectivity index (χ4n) is 7.50. The Morgan fingerprint density at radius 2 is 0.680 bits per heavy atom. The van der Waals surface area contributed by atoms with Gasteiger partial charge in [0.15, 0.2) is 0 Å². The van der Waals surface area contributed by atoms with E-state index in [1.165, 1.54) is 71.3 Å². The summed E-state index contributed by atoms with van der Waals surface area (Å²) in [6.45, 7) is 2.24. The van der Waals surface area contributed by atoms with Crippen molar-refractivity contribution < 1.29 is 0 Å². The molecule has 1 heteroatoms. The number of fused-ring (bicyclic) bond motifs is 3. The van der Waals surface area contributed by atoms with Crippen molar-refractivity contribution >= 4 is 49.4 Å². The molecule has 0 bridgehead atoms. The minimum absolute atomic E-state index is 1.12. The Morgan fingerprint density at radius 1 is 0.300 bits per heavy atom. The molecule has 0 saturated carbocycles. The molecule has 9 rings (SSSR count). The van der Waals surface area contributed by atoms with Crippen molar-refractivity contribution in [2.24, 2.45) is 0 Å². The van der Waals surface area contributed by atoms with Crippen LogP contribution in [0.3, 0.4) is 0 Å². The van der Waals surface area contributed by atoms with Gasteiger partial charge in [-0.15, -0.1) is 0 Å². The first-order chi connectivity index (χ1) is 24.7. The first-order valence-corrected chi connectivity index (χ1v) is 17.3. The van der Waals surface area contributed by atoms with Crippen molar-refractivity contribution in [2.75, 3.05) is 4.90 Å². The number of benzene rings is 9. The first-order valence-electron chi connectivity index (χ1n) is 17.3. The molecule has 0 fully saturated rings. The second kappa shape index (κ2) is 12.5. The molecule has 0 N–H and O–H groups in total. The van der Waals surface area contributed by atoms with Crippen molar-refractivity contribution in [3.63, 3.8) is 0 Å². The Morgan fingerprint density at radius 3 is 1.20 bits per heavy atom. The third kappa shape index (κ3) is 5.30. The Hall–Kier alpha value is -6.44. The number of aryl methyl sites for hydroxylation is 1. The molecule has 9 aromatic rings. The summed E-state index contributed by atoms with van der Waals surface area (Å²) in [4.78, 5) is 2.36. The van der Waals surface area contributed by atoms with Crippen LogP contribution in [0.25, 0.3) is 65.7 Å². The Bertz CT molecular complexity index is 2480. The summed E-state index contributed by atoms with van der Waals surface area (Å²) in [6, 6.07) is 70.4. The van der Waals surface area contributed by atoms with Crippen molar-refractivity contribution in [1.82, 2.24) is 0 Å². The third-order valence-corrected chi connectivity index (χ3v) is 10.0. The molecule has 0 saturated heterocycles. The Kier molecular flexibility index (Phi) is 7.44. The lowest BCUT2D eigenvalue weighted by molar-refractivity contribution is 1.29. The number of hydrogen-bond donors (Lipinski definition) is 0. The van der Waals surface area contributed by atoms with Crippen LogP contribution in [-0.2, 0) is 0 Å². The van der Waals surface area contributed by atoms with Crippen LogP contribution in [0, 0.1) is 6.92 Å². The van der Waals surface area contributed by atoms with Crippen molar-refractivity contribution in [3.05, 3.63) is 200 Å². The molecule has 0 unspecified atom stereocenters. The average molecular weight is 638 g/mol. The second-order valence-corrected chi connectivity index (χ2v) is 13.0. The van der Waals surface area contributed by atoms with E-state index in [-0.39, 0.29) is 0 Å². The summed E-state index contributed by atoms with van der Waals surface area (Å²) in [6.07, 6.45) is 0. The molecule has 0 aliphatic carbocycles. The topological polar surface area (TPSA) is 3.24 Å². The molecule has 0 aliphatic heterocycles. The van der Waals surface area contributed by atoms with Crippen LogP contribution < -0.4 is 4.90 Å². The SMILES string of the molecule is Cc1c2ccccc2c(-c2ccc3cc(N(c4ccc(-c5ccccc5)cc4)c4ccc(-c5ccccc5)cc4)ccc3c2)c2ccccc12. The molecule has 9 aromatic carbocycles. The van der Waals surface area contributed by atoms with Crippen LogP contribution in [0.1, 0.15) is 5.56 Å². The van der Waals surface area contributed by atoms with Crippen molar-refractivity contribution in [2.45, 2.75) is 6.92 Å². The van der Waals surface area contributed by atoms with Gasteiger partial charge in [0.2, 0.25) is 0 Å². The number of hydrogen-bond acceptors (Lipinski definition) is 1. The molecule has 236 valence electrons. The second-order valence-electron chi connectivity index (χ2n) is 13.0. The quantitative estimate of drug-likeness (QED) is 0.164. The lowest BCUT2D eigenvalue weighted by atomic mass is 9.88. The first kappa shape index (κ1) is 29.7. The predicted molar refractivity (Wildman–Crippen MR) is 215 cm³/mol. The van der Waals surface area contributed by atoms with Crippen LogP contribution in [0.2, 0.25) is 0 Å². The molecular weight excluding hydrogens is 603 g/mol. The lowest BCUT2D eigenvalue weighted by Gasteiger charge is -2.26. The van der Waals surface area contributed by atoms with Gasteiger partial charge in [-0.25, -0.2) is 0 Å². The average Bonchev–Trinajstić information content (AvgIpc) is 3.19. The van der Waals surface area contributed by atoms with Gasteiger partial charge < -0.3 is 4.90 Å². The van der Waals surface area contributed by atoms with E-state index in [0.717, 1.165) is 17.1 Å². The van der Waals surface area contributed by atoms with Crippen LogP contribution in [-0.4, -0.2) is 0 Å². The zero-order chi connectivity index (χ0) is 33.4. The molecule has 0 aromatic heterocycles. The Labute approximate surface area is 293 Å². The maximum Gasteiger partial charge on any atom is 0.0468 e. The summed E-state index contributed by atoms with van der Waals surface area (Å²) in [5.41, 5.74) is 12.1. The van der Waals surface area contributed by atoms with Gasteiger partial charge in [0, 0.05) is 17.1 Å². The zero-order valence-corrected chi connectivity index (χ0v) is 27.9. The molecular formula is C49H35N. The van der Waals surface area contributed by atoms with Crippen molar-refractivity contribution in [3.8, 4) is 33.4 Å². The van der Waals surface area contributed by atoms with E-state index in [9.17, 15) is 0 Å².